The largest absolute Gasteiger partial charge is 0.298 e. The lowest BCUT2D eigenvalue weighted by molar-refractivity contribution is -0.120. The third kappa shape index (κ3) is 4.57. The van der Waals surface area contributed by atoms with E-state index < -0.39 is 0 Å². The van der Waals surface area contributed by atoms with Gasteiger partial charge in [-0.3, -0.25) is 9.69 Å². The molecule has 0 aliphatic rings. The lowest BCUT2D eigenvalue weighted by Gasteiger charge is -2.26. The fourth-order valence-electron chi connectivity index (χ4n) is 1.95. The van der Waals surface area contributed by atoms with Crippen molar-refractivity contribution in [2.45, 2.75) is 39.7 Å². The van der Waals surface area contributed by atoms with Crippen LogP contribution in [0, 0.1) is 5.82 Å². The highest BCUT2D eigenvalue weighted by atomic mass is 19.1. The molecule has 0 saturated carbocycles. The van der Waals surface area contributed by atoms with Crippen LogP contribution in [0.4, 0.5) is 4.39 Å². The minimum Gasteiger partial charge on any atom is -0.298 e. The maximum absolute atomic E-state index is 12.7. The SMILES string of the molecule is CCC(C)N(CC)CC(=O)Cc1ccc(F)cc1. The zero-order chi connectivity index (χ0) is 13.5. The quantitative estimate of drug-likeness (QED) is 0.742. The van der Waals surface area contributed by atoms with Crippen molar-refractivity contribution in [1.82, 2.24) is 4.90 Å². The van der Waals surface area contributed by atoms with Crippen LogP contribution in [0.1, 0.15) is 32.8 Å². The Kier molecular flexibility index (Phi) is 5.99. The minimum atomic E-state index is -0.263. The van der Waals surface area contributed by atoms with E-state index in [1.54, 1.807) is 12.1 Å². The molecule has 0 amide bonds. The van der Waals surface area contributed by atoms with Crippen molar-refractivity contribution in [3.63, 3.8) is 0 Å². The summed E-state index contributed by atoms with van der Waals surface area (Å²) in [7, 11) is 0. The van der Waals surface area contributed by atoms with Gasteiger partial charge in [0.1, 0.15) is 5.82 Å². The molecule has 0 aliphatic heterocycles. The number of benzene rings is 1. The molecule has 1 atom stereocenters. The Labute approximate surface area is 109 Å². The molecule has 1 aromatic rings. The smallest absolute Gasteiger partial charge is 0.151 e. The number of ketones is 1. The molecule has 0 fully saturated rings. The topological polar surface area (TPSA) is 20.3 Å². The van der Waals surface area contributed by atoms with Gasteiger partial charge in [0.05, 0.1) is 6.54 Å². The van der Waals surface area contributed by atoms with E-state index in [9.17, 15) is 9.18 Å². The molecule has 0 spiro atoms. The predicted octanol–water partition coefficient (Wildman–Crippen LogP) is 3.06. The number of nitrogens with zero attached hydrogens (tertiary/aromatic N) is 1. The van der Waals surface area contributed by atoms with Gasteiger partial charge < -0.3 is 0 Å². The molecular weight excluding hydrogens is 229 g/mol. The molecule has 3 heteroatoms. The normalized spacial score (nSPS) is 12.7. The van der Waals surface area contributed by atoms with Gasteiger partial charge in [0.2, 0.25) is 0 Å². The zero-order valence-corrected chi connectivity index (χ0v) is 11.4. The first kappa shape index (κ1) is 14.8. The van der Waals surface area contributed by atoms with E-state index in [0.29, 0.717) is 19.0 Å². The van der Waals surface area contributed by atoms with Gasteiger partial charge in [0, 0.05) is 12.5 Å². The van der Waals surface area contributed by atoms with Gasteiger partial charge in [0.15, 0.2) is 5.78 Å². The molecule has 1 unspecified atom stereocenters. The van der Waals surface area contributed by atoms with Crippen molar-refractivity contribution in [2.75, 3.05) is 13.1 Å². The van der Waals surface area contributed by atoms with Crippen molar-refractivity contribution < 1.29 is 9.18 Å². The minimum absolute atomic E-state index is 0.184. The fraction of sp³-hybridized carbons (Fsp3) is 0.533. The van der Waals surface area contributed by atoms with Crippen LogP contribution < -0.4 is 0 Å². The van der Waals surface area contributed by atoms with Crippen molar-refractivity contribution >= 4 is 5.78 Å². The standard InChI is InChI=1S/C15H22FNO/c1-4-12(3)17(5-2)11-15(18)10-13-6-8-14(16)9-7-13/h6-9,12H,4-5,10-11H2,1-3H3. The highest BCUT2D eigenvalue weighted by Crippen LogP contribution is 2.07. The third-order valence-electron chi connectivity index (χ3n) is 3.31. The number of likely N-dealkylation sites (N-methyl/N-ethyl adjacent to an activating group) is 1. The molecular formula is C15H22FNO. The fourth-order valence-corrected chi connectivity index (χ4v) is 1.95. The Hall–Kier alpha value is -1.22. The summed E-state index contributed by atoms with van der Waals surface area (Å²) in [5, 5.41) is 0. The number of rotatable bonds is 7. The Balaban J connectivity index is 2.52. The second-order valence-corrected chi connectivity index (χ2v) is 4.66. The number of Topliss-reactive ketones (excluding diaryl/α,β-unsaturated/α-hetero) is 1. The predicted molar refractivity (Wildman–Crippen MR) is 72.1 cm³/mol. The summed E-state index contributed by atoms with van der Waals surface area (Å²) < 4.78 is 12.7. The van der Waals surface area contributed by atoms with Gasteiger partial charge in [-0.2, -0.15) is 0 Å². The number of hydrogen-bond acceptors (Lipinski definition) is 2. The van der Waals surface area contributed by atoms with Crippen LogP contribution in [0.2, 0.25) is 0 Å². The average molecular weight is 251 g/mol. The van der Waals surface area contributed by atoms with Crippen molar-refractivity contribution in [1.29, 1.82) is 0 Å². The molecule has 1 rings (SSSR count). The van der Waals surface area contributed by atoms with Crippen molar-refractivity contribution in [2.24, 2.45) is 0 Å². The zero-order valence-electron chi connectivity index (χ0n) is 11.4. The molecule has 0 saturated heterocycles. The summed E-state index contributed by atoms with van der Waals surface area (Å²) in [6, 6.07) is 6.57. The van der Waals surface area contributed by atoms with Gasteiger partial charge in [-0.15, -0.1) is 0 Å². The van der Waals surface area contributed by atoms with E-state index in [1.165, 1.54) is 12.1 Å². The average Bonchev–Trinajstić information content (AvgIpc) is 2.37. The summed E-state index contributed by atoms with van der Waals surface area (Å²) >= 11 is 0. The summed E-state index contributed by atoms with van der Waals surface area (Å²) in [5.41, 5.74) is 0.876. The van der Waals surface area contributed by atoms with Crippen molar-refractivity contribution in [3.05, 3.63) is 35.6 Å². The molecule has 1 aromatic carbocycles. The monoisotopic (exact) mass is 251 g/mol. The molecule has 18 heavy (non-hydrogen) atoms. The molecule has 2 nitrogen and oxygen atoms in total. The van der Waals surface area contributed by atoms with Crippen LogP contribution >= 0.6 is 0 Å². The van der Waals surface area contributed by atoms with Gasteiger partial charge in [-0.05, 0) is 37.6 Å². The van der Waals surface area contributed by atoms with Crippen LogP contribution in [-0.2, 0) is 11.2 Å². The maximum atomic E-state index is 12.7. The summed E-state index contributed by atoms with van der Waals surface area (Å²) in [5.74, 6) is -0.0789. The molecule has 0 N–H and O–H groups in total. The van der Waals surface area contributed by atoms with Gasteiger partial charge in [0.25, 0.3) is 0 Å². The number of halogens is 1. The lowest BCUT2D eigenvalue weighted by atomic mass is 10.1. The van der Waals surface area contributed by atoms with Crippen LogP contribution in [0.3, 0.4) is 0 Å². The Morgan fingerprint density at radius 1 is 1.28 bits per heavy atom. The maximum Gasteiger partial charge on any atom is 0.151 e. The van der Waals surface area contributed by atoms with Crippen LogP contribution in [0.25, 0.3) is 0 Å². The first-order valence-electron chi connectivity index (χ1n) is 6.57. The van der Waals surface area contributed by atoms with Crippen molar-refractivity contribution in [3.8, 4) is 0 Å². The molecule has 0 aromatic heterocycles. The number of carbonyl (C=O) groups excluding carboxylic acids is 1. The second-order valence-electron chi connectivity index (χ2n) is 4.66. The highest BCUT2D eigenvalue weighted by molar-refractivity contribution is 5.82. The molecule has 0 radical (unpaired) electrons. The second kappa shape index (κ2) is 7.27. The van der Waals surface area contributed by atoms with Gasteiger partial charge >= 0.3 is 0 Å². The Morgan fingerprint density at radius 3 is 2.39 bits per heavy atom. The highest BCUT2D eigenvalue weighted by Gasteiger charge is 2.14. The summed E-state index contributed by atoms with van der Waals surface area (Å²) in [6.45, 7) is 7.68. The first-order valence-corrected chi connectivity index (χ1v) is 6.57. The Morgan fingerprint density at radius 2 is 1.89 bits per heavy atom. The Bertz CT molecular complexity index is 375. The number of carbonyl (C=O) groups is 1. The molecule has 0 aliphatic carbocycles. The van der Waals surface area contributed by atoms with E-state index >= 15 is 0 Å². The van der Waals surface area contributed by atoms with E-state index in [1.807, 2.05) is 0 Å². The van der Waals surface area contributed by atoms with Gasteiger partial charge in [-0.1, -0.05) is 26.0 Å². The van der Waals surface area contributed by atoms with Crippen LogP contribution in [0.15, 0.2) is 24.3 Å². The third-order valence-corrected chi connectivity index (χ3v) is 3.31. The lowest BCUT2D eigenvalue weighted by Crippen LogP contribution is -2.37. The van der Waals surface area contributed by atoms with Crippen LogP contribution in [-0.4, -0.2) is 29.8 Å². The first-order chi connectivity index (χ1) is 8.56. The van der Waals surface area contributed by atoms with E-state index in [-0.39, 0.29) is 11.6 Å². The van der Waals surface area contributed by atoms with Gasteiger partial charge in [-0.25, -0.2) is 4.39 Å². The van der Waals surface area contributed by atoms with Crippen LogP contribution in [0.5, 0.6) is 0 Å². The van der Waals surface area contributed by atoms with E-state index in [4.69, 9.17) is 0 Å². The summed E-state index contributed by atoms with van der Waals surface area (Å²) in [6.07, 6.45) is 1.42. The van der Waals surface area contributed by atoms with E-state index in [2.05, 4.69) is 25.7 Å². The molecule has 0 bridgehead atoms. The molecule has 0 heterocycles. The molecule has 100 valence electrons. The number of hydrogen-bond donors (Lipinski definition) is 0. The summed E-state index contributed by atoms with van der Waals surface area (Å²) in [4.78, 5) is 14.1. The van der Waals surface area contributed by atoms with E-state index in [0.717, 1.165) is 18.5 Å².